The van der Waals surface area contributed by atoms with Crippen molar-refractivity contribution >= 4 is 11.7 Å². The summed E-state index contributed by atoms with van der Waals surface area (Å²) in [5, 5.41) is 12.5. The molecule has 0 radical (unpaired) electrons. The number of carbonyl (C=O) groups is 1. The Morgan fingerprint density at radius 2 is 2.26 bits per heavy atom. The third-order valence-electron chi connectivity index (χ3n) is 3.65. The molecule has 1 aromatic rings. The smallest absolute Gasteiger partial charge is 0.330 e. The van der Waals surface area contributed by atoms with E-state index in [1.54, 1.807) is 12.1 Å². The highest BCUT2D eigenvalue weighted by Crippen LogP contribution is 2.28. The highest BCUT2D eigenvalue weighted by atomic mass is 19.1. The minimum Gasteiger partial charge on any atom is -0.479 e. The van der Waals surface area contributed by atoms with E-state index in [2.05, 4.69) is 10.2 Å². The predicted octanol–water partition coefficient (Wildman–Crippen LogP) is 2.18. The van der Waals surface area contributed by atoms with Gasteiger partial charge in [-0.2, -0.15) is 0 Å². The van der Waals surface area contributed by atoms with E-state index in [1.807, 2.05) is 13.8 Å². The van der Waals surface area contributed by atoms with Gasteiger partial charge in [-0.25, -0.2) is 9.18 Å². The van der Waals surface area contributed by atoms with Gasteiger partial charge in [-0.05, 0) is 38.5 Å². The molecule has 104 valence electrons. The zero-order valence-electron chi connectivity index (χ0n) is 11.2. The Labute approximate surface area is 112 Å². The van der Waals surface area contributed by atoms with Gasteiger partial charge in [-0.3, -0.25) is 4.90 Å². The molecular weight excluding hydrogens is 247 g/mol. The Balaban J connectivity index is 2.20. The lowest BCUT2D eigenvalue weighted by Crippen LogP contribution is -2.49. The van der Waals surface area contributed by atoms with Gasteiger partial charge in [0.05, 0.1) is 0 Å². The number of benzene rings is 1. The maximum Gasteiger partial charge on any atom is 0.330 e. The first kappa shape index (κ1) is 13.8. The average molecular weight is 266 g/mol. The number of hydrogen-bond acceptors (Lipinski definition) is 3. The predicted molar refractivity (Wildman–Crippen MR) is 71.7 cm³/mol. The number of likely N-dealkylation sites (tertiary alicyclic amines) is 1. The van der Waals surface area contributed by atoms with Crippen molar-refractivity contribution in [3.8, 4) is 0 Å². The largest absolute Gasteiger partial charge is 0.479 e. The molecule has 1 aliphatic rings. The molecule has 1 saturated heterocycles. The Kier molecular flexibility index (Phi) is 3.75. The Bertz CT molecular complexity index is 478. The van der Waals surface area contributed by atoms with Crippen LogP contribution in [0.2, 0.25) is 0 Å². The van der Waals surface area contributed by atoms with E-state index in [4.69, 9.17) is 0 Å². The number of aliphatic carboxylic acids is 1. The van der Waals surface area contributed by atoms with E-state index in [-0.39, 0.29) is 5.82 Å². The zero-order chi connectivity index (χ0) is 14.0. The minimum atomic E-state index is -1.03. The number of anilines is 1. The number of rotatable bonds is 4. The number of nitrogens with zero attached hydrogens (tertiary/aromatic N) is 1. The van der Waals surface area contributed by atoms with Crippen molar-refractivity contribution in [2.45, 2.75) is 31.8 Å². The molecule has 1 unspecified atom stereocenters. The molecule has 0 amide bonds. The molecule has 4 nitrogen and oxygen atoms in total. The summed E-state index contributed by atoms with van der Waals surface area (Å²) in [6, 6.07) is 6.22. The fourth-order valence-corrected chi connectivity index (χ4v) is 2.45. The highest BCUT2D eigenvalue weighted by molar-refractivity contribution is 5.83. The van der Waals surface area contributed by atoms with Crippen molar-refractivity contribution in [1.29, 1.82) is 0 Å². The normalized spacial score (nSPS) is 23.8. The molecule has 19 heavy (non-hydrogen) atoms. The van der Waals surface area contributed by atoms with E-state index in [0.29, 0.717) is 24.7 Å². The quantitative estimate of drug-likeness (QED) is 0.877. The van der Waals surface area contributed by atoms with E-state index < -0.39 is 11.5 Å². The first-order valence-corrected chi connectivity index (χ1v) is 6.44. The Morgan fingerprint density at radius 3 is 2.79 bits per heavy atom. The second-order valence-electron chi connectivity index (χ2n) is 5.34. The van der Waals surface area contributed by atoms with Crippen LogP contribution in [0.5, 0.6) is 0 Å². The second kappa shape index (κ2) is 5.17. The van der Waals surface area contributed by atoms with Crippen LogP contribution in [-0.2, 0) is 4.79 Å². The molecule has 0 aromatic heterocycles. The zero-order valence-corrected chi connectivity index (χ0v) is 11.2. The average Bonchev–Trinajstić information content (AvgIpc) is 2.75. The SMILES string of the molecule is CC(C)N1CCC(Nc2cccc(F)c2)(C(=O)O)C1. The molecule has 1 atom stereocenters. The minimum absolute atomic E-state index is 0.301. The molecule has 2 rings (SSSR count). The third kappa shape index (κ3) is 2.87. The molecule has 2 N–H and O–H groups in total. The summed E-state index contributed by atoms with van der Waals surface area (Å²) >= 11 is 0. The molecule has 1 aliphatic heterocycles. The Hall–Kier alpha value is -1.62. The topological polar surface area (TPSA) is 52.6 Å². The van der Waals surface area contributed by atoms with Gasteiger partial charge < -0.3 is 10.4 Å². The highest BCUT2D eigenvalue weighted by Gasteiger charge is 2.45. The lowest BCUT2D eigenvalue weighted by Gasteiger charge is -2.28. The number of hydrogen-bond donors (Lipinski definition) is 2. The van der Waals surface area contributed by atoms with Crippen molar-refractivity contribution in [2.75, 3.05) is 18.4 Å². The fourth-order valence-electron chi connectivity index (χ4n) is 2.45. The molecule has 0 aliphatic carbocycles. The summed E-state index contributed by atoms with van der Waals surface area (Å²) in [5.41, 5.74) is -0.522. The van der Waals surface area contributed by atoms with Gasteiger partial charge in [0.1, 0.15) is 11.4 Å². The molecule has 0 spiro atoms. The van der Waals surface area contributed by atoms with Crippen LogP contribution in [0.15, 0.2) is 24.3 Å². The van der Waals surface area contributed by atoms with Gasteiger partial charge in [-0.1, -0.05) is 6.07 Å². The monoisotopic (exact) mass is 266 g/mol. The maximum absolute atomic E-state index is 13.2. The van der Waals surface area contributed by atoms with Crippen LogP contribution in [0.4, 0.5) is 10.1 Å². The van der Waals surface area contributed by atoms with Crippen LogP contribution in [0.1, 0.15) is 20.3 Å². The molecule has 1 heterocycles. The standard InChI is InChI=1S/C14H19FN2O2/c1-10(2)17-7-6-14(9-17,13(18)19)16-12-5-3-4-11(15)8-12/h3-5,8,10,16H,6-7,9H2,1-2H3,(H,18,19). The summed E-state index contributed by atoms with van der Waals surface area (Å²) < 4.78 is 13.2. The molecule has 0 saturated carbocycles. The van der Waals surface area contributed by atoms with Gasteiger partial charge in [0.15, 0.2) is 0 Å². The van der Waals surface area contributed by atoms with Crippen LogP contribution in [0, 0.1) is 5.82 Å². The van der Waals surface area contributed by atoms with Gasteiger partial charge >= 0.3 is 5.97 Å². The number of carboxylic acids is 1. The summed E-state index contributed by atoms with van der Waals surface area (Å²) in [6.07, 6.45) is 0.511. The molecular formula is C14H19FN2O2. The lowest BCUT2D eigenvalue weighted by molar-refractivity contribution is -0.141. The maximum atomic E-state index is 13.2. The van der Waals surface area contributed by atoms with Gasteiger partial charge in [0.2, 0.25) is 0 Å². The second-order valence-corrected chi connectivity index (χ2v) is 5.34. The van der Waals surface area contributed by atoms with Crippen LogP contribution < -0.4 is 5.32 Å². The summed E-state index contributed by atoms with van der Waals surface area (Å²) in [7, 11) is 0. The van der Waals surface area contributed by atoms with Gasteiger partial charge in [0, 0.05) is 24.8 Å². The van der Waals surface area contributed by atoms with Crippen LogP contribution in [0.3, 0.4) is 0 Å². The molecule has 0 bridgehead atoms. The summed E-state index contributed by atoms with van der Waals surface area (Å²) in [4.78, 5) is 13.7. The number of halogens is 1. The summed E-state index contributed by atoms with van der Waals surface area (Å²) in [5.74, 6) is -1.26. The van der Waals surface area contributed by atoms with E-state index >= 15 is 0 Å². The van der Waals surface area contributed by atoms with Crippen LogP contribution >= 0.6 is 0 Å². The summed E-state index contributed by atoms with van der Waals surface area (Å²) in [6.45, 7) is 5.24. The van der Waals surface area contributed by atoms with E-state index in [0.717, 1.165) is 6.54 Å². The first-order chi connectivity index (χ1) is 8.93. The van der Waals surface area contributed by atoms with Crippen molar-refractivity contribution in [3.63, 3.8) is 0 Å². The van der Waals surface area contributed by atoms with Crippen molar-refractivity contribution in [2.24, 2.45) is 0 Å². The molecule has 1 fully saturated rings. The third-order valence-corrected chi connectivity index (χ3v) is 3.65. The van der Waals surface area contributed by atoms with E-state index in [9.17, 15) is 14.3 Å². The van der Waals surface area contributed by atoms with Gasteiger partial charge in [-0.15, -0.1) is 0 Å². The molecule has 1 aromatic carbocycles. The van der Waals surface area contributed by atoms with Crippen molar-refractivity contribution in [3.05, 3.63) is 30.1 Å². The van der Waals surface area contributed by atoms with E-state index in [1.165, 1.54) is 12.1 Å². The van der Waals surface area contributed by atoms with Crippen molar-refractivity contribution < 1.29 is 14.3 Å². The fraction of sp³-hybridized carbons (Fsp3) is 0.500. The van der Waals surface area contributed by atoms with Gasteiger partial charge in [0.25, 0.3) is 0 Å². The molecule has 5 heteroatoms. The number of nitrogens with one attached hydrogen (secondary N) is 1. The lowest BCUT2D eigenvalue weighted by atomic mass is 9.98. The van der Waals surface area contributed by atoms with Crippen LogP contribution in [-0.4, -0.2) is 40.6 Å². The van der Waals surface area contributed by atoms with Crippen LogP contribution in [0.25, 0.3) is 0 Å². The van der Waals surface area contributed by atoms with Crippen molar-refractivity contribution in [1.82, 2.24) is 4.90 Å². The number of carboxylic acid groups (broad SMARTS) is 1. The Morgan fingerprint density at radius 1 is 1.53 bits per heavy atom. The first-order valence-electron chi connectivity index (χ1n) is 6.44.